The predicted octanol–water partition coefficient (Wildman–Crippen LogP) is 3.04. The highest BCUT2D eigenvalue weighted by atomic mass is 16.5. The summed E-state index contributed by atoms with van der Waals surface area (Å²) in [4.78, 5) is 16.2. The highest BCUT2D eigenvalue weighted by molar-refractivity contribution is 5.76. The van der Waals surface area contributed by atoms with Crippen LogP contribution in [0.5, 0.6) is 0 Å². The van der Waals surface area contributed by atoms with Crippen LogP contribution < -0.4 is 5.32 Å². The van der Waals surface area contributed by atoms with Gasteiger partial charge >= 0.3 is 0 Å². The zero-order chi connectivity index (χ0) is 15.4. The molecule has 0 atom stereocenters. The van der Waals surface area contributed by atoms with Crippen LogP contribution in [-0.2, 0) is 11.2 Å². The smallest absolute Gasteiger partial charge is 0.227 e. The fourth-order valence-electron chi connectivity index (χ4n) is 2.77. The summed E-state index contributed by atoms with van der Waals surface area (Å²) in [6.07, 6.45) is 5.51. The normalized spacial score (nSPS) is 15.1. The minimum atomic E-state index is 0.0713. The molecule has 1 aliphatic carbocycles. The maximum absolute atomic E-state index is 11.9. The van der Waals surface area contributed by atoms with Crippen molar-refractivity contribution >= 4 is 5.91 Å². The zero-order valence-corrected chi connectivity index (χ0v) is 12.8. The molecule has 0 radical (unpaired) electrons. The van der Waals surface area contributed by atoms with Crippen molar-refractivity contribution in [3.05, 3.63) is 35.7 Å². The quantitative estimate of drug-likeness (QED) is 0.921. The first kappa shape index (κ1) is 14.8. The lowest BCUT2D eigenvalue weighted by Crippen LogP contribution is -2.32. The van der Waals surface area contributed by atoms with Gasteiger partial charge in [-0.15, -0.1) is 0 Å². The number of aryl methyl sites for hydroxylation is 2. The highest BCUT2D eigenvalue weighted by Gasteiger charge is 2.17. The Balaban J connectivity index is 1.53. The van der Waals surface area contributed by atoms with Crippen LogP contribution in [0.2, 0.25) is 0 Å². The molecule has 1 amide bonds. The van der Waals surface area contributed by atoms with E-state index < -0.39 is 0 Å². The number of amides is 1. The van der Waals surface area contributed by atoms with Crippen molar-refractivity contribution in [2.24, 2.45) is 0 Å². The summed E-state index contributed by atoms with van der Waals surface area (Å²) < 4.78 is 5.23. The first-order valence-corrected chi connectivity index (χ1v) is 7.90. The second kappa shape index (κ2) is 6.73. The molecular formula is C17H21N3O2. The van der Waals surface area contributed by atoms with Gasteiger partial charge in [0.2, 0.25) is 17.6 Å². The molecule has 1 aromatic heterocycles. The SMILES string of the molecule is Cc1ccc(-c2noc(CCC(=O)NC3CCCC3)n2)cc1. The Morgan fingerprint density at radius 2 is 2.00 bits per heavy atom. The first-order chi connectivity index (χ1) is 10.7. The van der Waals surface area contributed by atoms with E-state index in [0.29, 0.717) is 30.6 Å². The molecule has 1 aromatic carbocycles. The molecule has 0 bridgehead atoms. The van der Waals surface area contributed by atoms with E-state index in [9.17, 15) is 4.79 Å². The third kappa shape index (κ3) is 3.72. The van der Waals surface area contributed by atoms with Crippen molar-refractivity contribution in [3.8, 4) is 11.4 Å². The summed E-state index contributed by atoms with van der Waals surface area (Å²) in [6.45, 7) is 2.04. The van der Waals surface area contributed by atoms with E-state index in [-0.39, 0.29) is 5.91 Å². The molecule has 2 aromatic rings. The molecule has 1 N–H and O–H groups in total. The Kier molecular flexibility index (Phi) is 4.51. The number of aromatic nitrogens is 2. The molecule has 1 aliphatic rings. The minimum absolute atomic E-state index is 0.0713. The number of nitrogens with one attached hydrogen (secondary N) is 1. The molecule has 116 valence electrons. The maximum atomic E-state index is 11.9. The van der Waals surface area contributed by atoms with Gasteiger partial charge < -0.3 is 9.84 Å². The van der Waals surface area contributed by atoms with Gasteiger partial charge in [-0.25, -0.2) is 0 Å². The summed E-state index contributed by atoms with van der Waals surface area (Å²) >= 11 is 0. The maximum Gasteiger partial charge on any atom is 0.227 e. The Bertz CT molecular complexity index is 628. The summed E-state index contributed by atoms with van der Waals surface area (Å²) in [6, 6.07) is 8.33. The minimum Gasteiger partial charge on any atom is -0.353 e. The third-order valence-corrected chi connectivity index (χ3v) is 4.06. The van der Waals surface area contributed by atoms with E-state index >= 15 is 0 Å². The molecule has 0 unspecified atom stereocenters. The largest absolute Gasteiger partial charge is 0.353 e. The van der Waals surface area contributed by atoms with Crippen LogP contribution in [0, 0.1) is 6.92 Å². The number of hydrogen-bond acceptors (Lipinski definition) is 4. The Morgan fingerprint density at radius 1 is 1.27 bits per heavy atom. The van der Waals surface area contributed by atoms with Crippen LogP contribution >= 0.6 is 0 Å². The van der Waals surface area contributed by atoms with E-state index in [1.54, 1.807) is 0 Å². The van der Waals surface area contributed by atoms with Crippen molar-refractivity contribution < 1.29 is 9.32 Å². The molecule has 3 rings (SSSR count). The van der Waals surface area contributed by atoms with Gasteiger partial charge in [0.1, 0.15) is 0 Å². The standard InChI is InChI=1S/C17H21N3O2/c1-12-6-8-13(9-7-12)17-19-16(22-20-17)11-10-15(21)18-14-4-2-3-5-14/h6-9,14H,2-5,10-11H2,1H3,(H,18,21). The van der Waals surface area contributed by atoms with Crippen molar-refractivity contribution in [2.75, 3.05) is 0 Å². The summed E-state index contributed by atoms with van der Waals surface area (Å²) in [7, 11) is 0. The van der Waals surface area contributed by atoms with Gasteiger partial charge in [0.15, 0.2) is 0 Å². The van der Waals surface area contributed by atoms with Crippen molar-refractivity contribution in [2.45, 2.75) is 51.5 Å². The molecule has 0 aliphatic heterocycles. The van der Waals surface area contributed by atoms with E-state index in [4.69, 9.17) is 4.52 Å². The average molecular weight is 299 g/mol. The number of rotatable bonds is 5. The second-order valence-corrected chi connectivity index (χ2v) is 5.93. The third-order valence-electron chi connectivity index (χ3n) is 4.06. The topological polar surface area (TPSA) is 68.0 Å². The van der Waals surface area contributed by atoms with Crippen LogP contribution in [0.25, 0.3) is 11.4 Å². The van der Waals surface area contributed by atoms with E-state index in [0.717, 1.165) is 18.4 Å². The number of nitrogens with zero attached hydrogens (tertiary/aromatic N) is 2. The van der Waals surface area contributed by atoms with Crippen LogP contribution in [0.1, 0.15) is 43.6 Å². The van der Waals surface area contributed by atoms with Gasteiger partial charge in [-0.1, -0.05) is 47.8 Å². The summed E-state index contributed by atoms with van der Waals surface area (Å²) in [5.41, 5.74) is 2.12. The van der Waals surface area contributed by atoms with E-state index in [2.05, 4.69) is 15.5 Å². The summed E-state index contributed by atoms with van der Waals surface area (Å²) in [5, 5.41) is 7.04. The van der Waals surface area contributed by atoms with Crippen molar-refractivity contribution in [1.29, 1.82) is 0 Å². The predicted molar refractivity (Wildman–Crippen MR) is 83.2 cm³/mol. The van der Waals surface area contributed by atoms with E-state index in [1.165, 1.54) is 18.4 Å². The lowest BCUT2D eigenvalue weighted by Gasteiger charge is -2.10. The van der Waals surface area contributed by atoms with Gasteiger partial charge in [0.05, 0.1) is 0 Å². The fourth-order valence-corrected chi connectivity index (χ4v) is 2.77. The monoisotopic (exact) mass is 299 g/mol. The van der Waals surface area contributed by atoms with Crippen molar-refractivity contribution in [3.63, 3.8) is 0 Å². The molecule has 0 spiro atoms. The average Bonchev–Trinajstić information content (AvgIpc) is 3.17. The van der Waals surface area contributed by atoms with Crippen LogP contribution in [0.3, 0.4) is 0 Å². The van der Waals surface area contributed by atoms with Crippen molar-refractivity contribution in [1.82, 2.24) is 15.5 Å². The van der Waals surface area contributed by atoms with Crippen LogP contribution in [0.15, 0.2) is 28.8 Å². The molecule has 5 heteroatoms. The Labute approximate surface area is 130 Å². The van der Waals surface area contributed by atoms with Gasteiger partial charge in [-0.3, -0.25) is 4.79 Å². The van der Waals surface area contributed by atoms with Gasteiger partial charge in [0.25, 0.3) is 0 Å². The lowest BCUT2D eigenvalue weighted by atomic mass is 10.1. The second-order valence-electron chi connectivity index (χ2n) is 5.93. The number of hydrogen-bond donors (Lipinski definition) is 1. The molecule has 22 heavy (non-hydrogen) atoms. The van der Waals surface area contributed by atoms with Gasteiger partial charge in [0, 0.05) is 24.4 Å². The number of benzene rings is 1. The number of carbonyl (C=O) groups is 1. The molecular weight excluding hydrogens is 278 g/mol. The van der Waals surface area contributed by atoms with Gasteiger partial charge in [-0.05, 0) is 19.8 Å². The highest BCUT2D eigenvalue weighted by Crippen LogP contribution is 2.18. The molecule has 1 fully saturated rings. The zero-order valence-electron chi connectivity index (χ0n) is 12.8. The number of carbonyl (C=O) groups excluding carboxylic acids is 1. The molecule has 1 heterocycles. The molecule has 0 saturated heterocycles. The molecule has 5 nitrogen and oxygen atoms in total. The Hall–Kier alpha value is -2.17. The molecule has 1 saturated carbocycles. The summed E-state index contributed by atoms with van der Waals surface area (Å²) in [5.74, 6) is 1.16. The Morgan fingerprint density at radius 3 is 2.73 bits per heavy atom. The van der Waals surface area contributed by atoms with Crippen LogP contribution in [-0.4, -0.2) is 22.1 Å². The lowest BCUT2D eigenvalue weighted by molar-refractivity contribution is -0.121. The van der Waals surface area contributed by atoms with Gasteiger partial charge in [-0.2, -0.15) is 4.98 Å². The first-order valence-electron chi connectivity index (χ1n) is 7.90. The van der Waals surface area contributed by atoms with E-state index in [1.807, 2.05) is 31.2 Å². The fraction of sp³-hybridized carbons (Fsp3) is 0.471. The van der Waals surface area contributed by atoms with Crippen LogP contribution in [0.4, 0.5) is 0 Å².